The van der Waals surface area contributed by atoms with E-state index in [1.807, 2.05) is 0 Å². The summed E-state index contributed by atoms with van der Waals surface area (Å²) in [5, 5.41) is 50.2. The summed E-state index contributed by atoms with van der Waals surface area (Å²) in [5.74, 6) is -1.10. The summed E-state index contributed by atoms with van der Waals surface area (Å²) in [5.41, 5.74) is 0. The zero-order valence-electron chi connectivity index (χ0n) is 39.4. The molecule has 0 saturated heterocycles. The average Bonchev–Trinajstić information content (AvgIpc) is 3.26. The second-order valence-electron chi connectivity index (χ2n) is 17.7. The zero-order chi connectivity index (χ0) is 46.4. The van der Waals surface area contributed by atoms with Gasteiger partial charge < -0.3 is 39.9 Å². The molecule has 63 heavy (non-hydrogen) atoms. The fourth-order valence-electron chi connectivity index (χ4n) is 7.68. The Balaban J connectivity index is 2.41. The van der Waals surface area contributed by atoms with Crippen LogP contribution in [0.15, 0.2) is 24.3 Å². The molecule has 0 radical (unpaired) electrons. The molecular formula is C49H91O13P. The first-order valence-corrected chi connectivity index (χ1v) is 26.6. The van der Waals surface area contributed by atoms with Crippen LogP contribution in [-0.4, -0.2) is 98.3 Å². The van der Waals surface area contributed by atoms with Crippen LogP contribution >= 0.6 is 7.82 Å². The number of aliphatic hydroxyl groups is 5. The molecule has 6 N–H and O–H groups in total. The van der Waals surface area contributed by atoms with Crippen molar-refractivity contribution in [3.8, 4) is 0 Å². The molecule has 1 rings (SSSR count). The Morgan fingerprint density at radius 2 is 0.825 bits per heavy atom. The molecule has 13 nitrogen and oxygen atoms in total. The number of phosphoric acid groups is 1. The predicted octanol–water partition coefficient (Wildman–Crippen LogP) is 10.4. The summed E-state index contributed by atoms with van der Waals surface area (Å²) >= 11 is 0. The van der Waals surface area contributed by atoms with Gasteiger partial charge in [-0.2, -0.15) is 0 Å². The smallest absolute Gasteiger partial charge is 0.462 e. The summed E-state index contributed by atoms with van der Waals surface area (Å²) in [4.78, 5) is 35.8. The molecule has 1 aliphatic carbocycles. The van der Waals surface area contributed by atoms with Crippen molar-refractivity contribution in [1.29, 1.82) is 0 Å². The number of hydrogen-bond acceptors (Lipinski definition) is 12. The number of hydrogen-bond donors (Lipinski definition) is 6. The van der Waals surface area contributed by atoms with Crippen LogP contribution in [0.3, 0.4) is 0 Å². The quantitative estimate of drug-likeness (QED) is 0.0146. The van der Waals surface area contributed by atoms with Gasteiger partial charge in [0.1, 0.15) is 43.2 Å². The number of allylic oxidation sites excluding steroid dienone is 4. The maximum absolute atomic E-state index is 12.8. The van der Waals surface area contributed by atoms with E-state index in [2.05, 4.69) is 38.2 Å². The van der Waals surface area contributed by atoms with E-state index in [9.17, 15) is 44.6 Å². The highest BCUT2D eigenvalue weighted by Crippen LogP contribution is 2.47. The van der Waals surface area contributed by atoms with Gasteiger partial charge in [0.25, 0.3) is 0 Å². The molecule has 1 aliphatic rings. The fraction of sp³-hybridized carbons (Fsp3) is 0.878. The SMILES string of the molecule is CCCC/C=C/CCCCCCCCCCCC(=O)OC[C@H](COP(=O)(O)OC1C(O)C(O)C(O)[C@@H](O)C1O)OC(=O)CCCCCCCCCCC/C=C/CCCCCCCC. The number of ether oxygens (including phenoxy) is 2. The summed E-state index contributed by atoms with van der Waals surface area (Å²) in [6.45, 7) is 3.29. The number of esters is 2. The number of aliphatic hydroxyl groups excluding tert-OH is 5. The minimum Gasteiger partial charge on any atom is -0.462 e. The van der Waals surface area contributed by atoms with Crippen molar-refractivity contribution in [2.45, 2.75) is 262 Å². The van der Waals surface area contributed by atoms with E-state index in [0.29, 0.717) is 12.8 Å². The van der Waals surface area contributed by atoms with Gasteiger partial charge in [0.2, 0.25) is 0 Å². The Hall–Kier alpha value is -1.67. The van der Waals surface area contributed by atoms with Crippen LogP contribution in [0, 0.1) is 0 Å². The van der Waals surface area contributed by atoms with Crippen molar-refractivity contribution in [3.63, 3.8) is 0 Å². The molecule has 0 aromatic heterocycles. The predicted molar refractivity (Wildman–Crippen MR) is 249 cm³/mol. The van der Waals surface area contributed by atoms with Crippen molar-refractivity contribution < 1.29 is 63.1 Å². The van der Waals surface area contributed by atoms with Crippen LogP contribution < -0.4 is 0 Å². The number of unbranched alkanes of at least 4 members (excludes halogenated alkanes) is 26. The van der Waals surface area contributed by atoms with E-state index >= 15 is 0 Å². The lowest BCUT2D eigenvalue weighted by molar-refractivity contribution is -0.220. The van der Waals surface area contributed by atoms with Gasteiger partial charge in [-0.3, -0.25) is 18.6 Å². The Bertz CT molecular complexity index is 1200. The molecule has 14 heteroatoms. The van der Waals surface area contributed by atoms with Gasteiger partial charge in [0.05, 0.1) is 6.61 Å². The summed E-state index contributed by atoms with van der Waals surface area (Å²) in [6.07, 6.45) is 30.8. The molecule has 0 aliphatic heterocycles. The molecule has 0 heterocycles. The van der Waals surface area contributed by atoms with Crippen molar-refractivity contribution in [1.82, 2.24) is 0 Å². The Morgan fingerprint density at radius 1 is 0.476 bits per heavy atom. The van der Waals surface area contributed by atoms with E-state index in [4.69, 9.17) is 18.5 Å². The molecule has 1 saturated carbocycles. The first kappa shape index (κ1) is 59.3. The lowest BCUT2D eigenvalue weighted by Gasteiger charge is -2.41. The van der Waals surface area contributed by atoms with E-state index in [0.717, 1.165) is 57.8 Å². The van der Waals surface area contributed by atoms with Gasteiger partial charge in [-0.05, 0) is 57.8 Å². The van der Waals surface area contributed by atoms with Gasteiger partial charge in [0, 0.05) is 12.8 Å². The first-order chi connectivity index (χ1) is 30.4. The maximum atomic E-state index is 12.8. The van der Waals surface area contributed by atoms with Gasteiger partial charge >= 0.3 is 19.8 Å². The molecule has 370 valence electrons. The number of carbonyl (C=O) groups is 2. The van der Waals surface area contributed by atoms with Crippen LogP contribution in [0.5, 0.6) is 0 Å². The summed E-state index contributed by atoms with van der Waals surface area (Å²) in [7, 11) is -5.12. The lowest BCUT2D eigenvalue weighted by Crippen LogP contribution is -2.64. The third kappa shape index (κ3) is 31.8. The average molecular weight is 919 g/mol. The molecule has 0 spiro atoms. The second-order valence-corrected chi connectivity index (χ2v) is 19.1. The monoisotopic (exact) mass is 919 g/mol. The molecule has 0 aromatic rings. The van der Waals surface area contributed by atoms with Crippen LogP contribution in [0.4, 0.5) is 0 Å². The standard InChI is InChI=1S/C49H91O13P/c1-3-5-7-9-11-13-15-17-19-20-21-22-24-26-28-30-32-34-36-38-43(51)61-41(40-60-63(57,58)62-49-47(55)45(53)44(52)46(54)48(49)56)39-59-42(50)37-35-33-31-29-27-25-23-18-16-14-12-10-8-6-4-2/h10,12,17,19,41,44-49,52-56H,3-9,11,13-16,18,20-40H2,1-2H3,(H,57,58)/b12-10+,19-17+/t41-,44?,45-,46?,47?,48?,49?/m1/s1. The zero-order valence-corrected chi connectivity index (χ0v) is 40.3. The molecule has 6 unspecified atom stereocenters. The third-order valence-corrected chi connectivity index (χ3v) is 12.8. The molecule has 1 fully saturated rings. The largest absolute Gasteiger partial charge is 0.472 e. The fourth-order valence-corrected chi connectivity index (χ4v) is 8.65. The molecule has 0 aromatic carbocycles. The topological polar surface area (TPSA) is 210 Å². The van der Waals surface area contributed by atoms with Crippen LogP contribution in [0.1, 0.15) is 219 Å². The summed E-state index contributed by atoms with van der Waals surface area (Å²) in [6, 6.07) is 0. The maximum Gasteiger partial charge on any atom is 0.472 e. The van der Waals surface area contributed by atoms with E-state index in [-0.39, 0.29) is 12.8 Å². The van der Waals surface area contributed by atoms with Gasteiger partial charge in [0.15, 0.2) is 6.10 Å². The second kappa shape index (κ2) is 39.5. The minimum absolute atomic E-state index is 0.0964. The highest BCUT2D eigenvalue weighted by Gasteiger charge is 2.51. The van der Waals surface area contributed by atoms with Crippen molar-refractivity contribution >= 4 is 19.8 Å². The van der Waals surface area contributed by atoms with Gasteiger partial charge in [-0.25, -0.2) is 4.57 Å². The molecule has 0 bridgehead atoms. The number of phosphoric ester groups is 1. The van der Waals surface area contributed by atoms with Gasteiger partial charge in [-0.1, -0.05) is 173 Å². The van der Waals surface area contributed by atoms with E-state index < -0.39 is 75.7 Å². The first-order valence-electron chi connectivity index (χ1n) is 25.1. The van der Waals surface area contributed by atoms with E-state index in [1.54, 1.807) is 0 Å². The van der Waals surface area contributed by atoms with Crippen molar-refractivity contribution in [2.24, 2.45) is 0 Å². The Labute approximate surface area is 381 Å². The van der Waals surface area contributed by atoms with Gasteiger partial charge in [-0.15, -0.1) is 0 Å². The minimum atomic E-state index is -5.12. The Morgan fingerprint density at radius 3 is 1.25 bits per heavy atom. The normalized spacial score (nSPS) is 21.8. The van der Waals surface area contributed by atoms with Crippen molar-refractivity contribution in [3.05, 3.63) is 24.3 Å². The van der Waals surface area contributed by atoms with Crippen LogP contribution in [0.25, 0.3) is 0 Å². The third-order valence-electron chi connectivity index (χ3n) is 11.8. The molecule has 8 atom stereocenters. The van der Waals surface area contributed by atoms with Crippen molar-refractivity contribution in [2.75, 3.05) is 13.2 Å². The molecular weight excluding hydrogens is 827 g/mol. The highest BCUT2D eigenvalue weighted by atomic mass is 31.2. The lowest BCUT2D eigenvalue weighted by atomic mass is 9.85. The van der Waals surface area contributed by atoms with Crippen LogP contribution in [-0.2, 0) is 32.7 Å². The summed E-state index contributed by atoms with van der Waals surface area (Å²) < 4.78 is 33.6. The molecule has 0 amide bonds. The number of carbonyl (C=O) groups excluding carboxylic acids is 2. The number of rotatable bonds is 42. The Kier molecular flexibility index (Phi) is 37.2. The van der Waals surface area contributed by atoms with Crippen LogP contribution in [0.2, 0.25) is 0 Å². The van der Waals surface area contributed by atoms with E-state index in [1.165, 1.54) is 122 Å². The highest BCUT2D eigenvalue weighted by molar-refractivity contribution is 7.47.